The van der Waals surface area contributed by atoms with Crippen LogP contribution in [0, 0.1) is 0 Å². The number of thioether (sulfide) groups is 1. The van der Waals surface area contributed by atoms with Gasteiger partial charge < -0.3 is 14.8 Å². The van der Waals surface area contributed by atoms with Gasteiger partial charge in [0.1, 0.15) is 6.54 Å². The highest BCUT2D eigenvalue weighted by Gasteiger charge is 2.30. The number of rotatable bonds is 8. The number of methoxy groups -OCH3 is 2. The number of nitrogens with one attached hydrogen (secondary N) is 1. The first-order valence-corrected chi connectivity index (χ1v) is 12.6. The summed E-state index contributed by atoms with van der Waals surface area (Å²) in [6.07, 6.45) is 2.48. The minimum Gasteiger partial charge on any atom is -0.493 e. The van der Waals surface area contributed by atoms with Gasteiger partial charge in [0.15, 0.2) is 11.5 Å². The van der Waals surface area contributed by atoms with E-state index < -0.39 is 0 Å². The van der Waals surface area contributed by atoms with Crippen LogP contribution in [0.2, 0.25) is 0 Å². The van der Waals surface area contributed by atoms with E-state index in [1.807, 2.05) is 72.8 Å². The van der Waals surface area contributed by atoms with Crippen LogP contribution in [0.25, 0.3) is 6.08 Å². The number of amides is 2. The Labute approximate surface area is 217 Å². The van der Waals surface area contributed by atoms with Crippen LogP contribution < -0.4 is 19.7 Å². The molecule has 180 valence electrons. The second-order valence-corrected chi connectivity index (χ2v) is 9.81. The minimum atomic E-state index is -0.220. The average molecular weight is 553 g/mol. The molecule has 0 spiro atoms. The third-order valence-electron chi connectivity index (χ3n) is 5.46. The van der Waals surface area contributed by atoms with Crippen LogP contribution in [0.5, 0.6) is 11.5 Å². The summed E-state index contributed by atoms with van der Waals surface area (Å²) in [5.74, 6) is 0.896. The maximum absolute atomic E-state index is 13.4. The molecular weight excluding hydrogens is 528 g/mol. The Morgan fingerprint density at radius 3 is 2.60 bits per heavy atom. The SMILES string of the molecule is COc1ccc(CCNC(=O)CN2C(=O)C(=Cc3cccc(Br)c3)Sc3ccccc32)cc1OC. The number of halogens is 1. The summed E-state index contributed by atoms with van der Waals surface area (Å²) in [5.41, 5.74) is 2.66. The molecule has 0 saturated heterocycles. The third kappa shape index (κ3) is 6.07. The van der Waals surface area contributed by atoms with Gasteiger partial charge in [0.05, 0.1) is 24.8 Å². The lowest BCUT2D eigenvalue weighted by Gasteiger charge is -2.29. The Morgan fingerprint density at radius 2 is 1.83 bits per heavy atom. The molecule has 0 fully saturated rings. The van der Waals surface area contributed by atoms with Crippen molar-refractivity contribution in [1.29, 1.82) is 0 Å². The Kier molecular flexibility index (Phi) is 8.15. The first-order valence-electron chi connectivity index (χ1n) is 11.0. The van der Waals surface area contributed by atoms with Gasteiger partial charge in [0.2, 0.25) is 5.91 Å². The predicted molar refractivity (Wildman–Crippen MR) is 143 cm³/mol. The zero-order valence-corrected chi connectivity index (χ0v) is 21.8. The van der Waals surface area contributed by atoms with Crippen LogP contribution in [-0.2, 0) is 16.0 Å². The molecule has 1 heterocycles. The van der Waals surface area contributed by atoms with Gasteiger partial charge in [-0.25, -0.2) is 0 Å². The lowest BCUT2D eigenvalue weighted by Crippen LogP contribution is -2.43. The Balaban J connectivity index is 1.45. The summed E-state index contributed by atoms with van der Waals surface area (Å²) in [4.78, 5) is 29.2. The standard InChI is InChI=1S/C27H25BrN2O4S/c1-33-22-11-10-18(15-23(22)34-2)12-13-29-26(31)17-30-21-8-3-4-9-24(21)35-25(27(30)32)16-19-6-5-7-20(28)14-19/h3-11,14-16H,12-13,17H2,1-2H3,(H,29,31). The molecule has 4 rings (SSSR count). The molecule has 0 aliphatic carbocycles. The molecule has 8 heteroatoms. The van der Waals surface area contributed by atoms with E-state index in [1.54, 1.807) is 19.1 Å². The van der Waals surface area contributed by atoms with Crippen molar-refractivity contribution >= 4 is 51.3 Å². The van der Waals surface area contributed by atoms with E-state index in [0.717, 1.165) is 26.2 Å². The molecule has 0 bridgehead atoms. The summed E-state index contributed by atoms with van der Waals surface area (Å²) in [5, 5.41) is 2.93. The molecule has 2 amide bonds. The second kappa shape index (κ2) is 11.5. The summed E-state index contributed by atoms with van der Waals surface area (Å²) < 4.78 is 11.5. The van der Waals surface area contributed by atoms with Crippen LogP contribution in [0.3, 0.4) is 0 Å². The smallest absolute Gasteiger partial charge is 0.265 e. The zero-order valence-electron chi connectivity index (χ0n) is 19.4. The van der Waals surface area contributed by atoms with Crippen molar-refractivity contribution in [3.63, 3.8) is 0 Å². The summed E-state index contributed by atoms with van der Waals surface area (Å²) in [6.45, 7) is 0.381. The fourth-order valence-corrected chi connectivity index (χ4v) is 5.22. The summed E-state index contributed by atoms with van der Waals surface area (Å²) in [6, 6.07) is 21.1. The monoisotopic (exact) mass is 552 g/mol. The van der Waals surface area contributed by atoms with Crippen LogP contribution >= 0.6 is 27.7 Å². The van der Waals surface area contributed by atoms with Crippen molar-refractivity contribution in [2.75, 3.05) is 32.2 Å². The number of benzene rings is 3. The molecule has 3 aromatic carbocycles. The summed E-state index contributed by atoms with van der Waals surface area (Å²) in [7, 11) is 3.18. The normalized spacial score (nSPS) is 14.0. The van der Waals surface area contributed by atoms with Crippen molar-refractivity contribution in [3.8, 4) is 11.5 Å². The quantitative estimate of drug-likeness (QED) is 0.384. The molecule has 0 atom stereocenters. The lowest BCUT2D eigenvalue weighted by molar-refractivity contribution is -0.122. The Bertz CT molecular complexity index is 1280. The number of fused-ring (bicyclic) bond motifs is 1. The molecule has 1 aliphatic heterocycles. The maximum Gasteiger partial charge on any atom is 0.265 e. The van der Waals surface area contributed by atoms with Crippen molar-refractivity contribution < 1.29 is 19.1 Å². The van der Waals surface area contributed by atoms with Crippen LogP contribution in [0.1, 0.15) is 11.1 Å². The Morgan fingerprint density at radius 1 is 1.03 bits per heavy atom. The van der Waals surface area contributed by atoms with Gasteiger partial charge in [-0.2, -0.15) is 0 Å². The average Bonchev–Trinajstić information content (AvgIpc) is 2.86. The minimum absolute atomic E-state index is 0.0574. The van der Waals surface area contributed by atoms with Gasteiger partial charge in [-0.15, -0.1) is 0 Å². The van der Waals surface area contributed by atoms with Crippen molar-refractivity contribution in [2.45, 2.75) is 11.3 Å². The zero-order chi connectivity index (χ0) is 24.8. The van der Waals surface area contributed by atoms with Gasteiger partial charge >= 0.3 is 0 Å². The van der Waals surface area contributed by atoms with E-state index in [1.165, 1.54) is 11.8 Å². The molecule has 0 radical (unpaired) electrons. The summed E-state index contributed by atoms with van der Waals surface area (Å²) >= 11 is 4.89. The van der Waals surface area contributed by atoms with Crippen LogP contribution in [0.4, 0.5) is 5.69 Å². The largest absolute Gasteiger partial charge is 0.493 e. The van der Waals surface area contributed by atoms with Gasteiger partial charge in [0.25, 0.3) is 5.91 Å². The number of anilines is 1. The first kappa shape index (κ1) is 24.9. The highest BCUT2D eigenvalue weighted by Crippen LogP contribution is 2.42. The number of carbonyl (C=O) groups is 2. The predicted octanol–water partition coefficient (Wildman–Crippen LogP) is 5.31. The van der Waals surface area contributed by atoms with E-state index in [4.69, 9.17) is 9.47 Å². The van der Waals surface area contributed by atoms with Gasteiger partial charge in [-0.3, -0.25) is 14.5 Å². The molecule has 1 aliphatic rings. The maximum atomic E-state index is 13.4. The molecule has 6 nitrogen and oxygen atoms in total. The number of nitrogens with zero attached hydrogens (tertiary/aromatic N) is 1. The molecule has 0 unspecified atom stereocenters. The molecule has 3 aromatic rings. The van der Waals surface area contributed by atoms with Gasteiger partial charge in [0, 0.05) is 15.9 Å². The van der Waals surface area contributed by atoms with Crippen molar-refractivity contribution in [3.05, 3.63) is 87.2 Å². The van der Waals surface area contributed by atoms with E-state index in [-0.39, 0.29) is 18.4 Å². The van der Waals surface area contributed by atoms with Gasteiger partial charge in [-0.05, 0) is 60.0 Å². The highest BCUT2D eigenvalue weighted by molar-refractivity contribution is 9.10. The fourth-order valence-electron chi connectivity index (χ4n) is 3.75. The van der Waals surface area contributed by atoms with E-state index >= 15 is 0 Å². The van der Waals surface area contributed by atoms with Crippen LogP contribution in [0.15, 0.2) is 81.0 Å². The van der Waals surface area contributed by atoms with E-state index in [9.17, 15) is 9.59 Å². The lowest BCUT2D eigenvalue weighted by atomic mass is 10.1. The number of ether oxygens (including phenoxy) is 2. The third-order valence-corrected chi connectivity index (χ3v) is 7.03. The number of carbonyl (C=O) groups excluding carboxylic acids is 2. The number of para-hydroxylation sites is 1. The first-order chi connectivity index (χ1) is 17.0. The molecule has 0 aromatic heterocycles. The molecular formula is C27H25BrN2O4S. The number of hydrogen-bond acceptors (Lipinski definition) is 5. The second-order valence-electron chi connectivity index (χ2n) is 7.81. The van der Waals surface area contributed by atoms with E-state index in [0.29, 0.717) is 29.4 Å². The molecule has 0 saturated carbocycles. The van der Waals surface area contributed by atoms with Crippen LogP contribution in [-0.4, -0.2) is 39.1 Å². The fraction of sp³-hybridized carbons (Fsp3) is 0.185. The Hall–Kier alpha value is -3.23. The molecule has 1 N–H and O–H groups in total. The van der Waals surface area contributed by atoms with Crippen molar-refractivity contribution in [2.24, 2.45) is 0 Å². The number of hydrogen-bond donors (Lipinski definition) is 1. The molecule has 35 heavy (non-hydrogen) atoms. The van der Waals surface area contributed by atoms with E-state index in [2.05, 4.69) is 21.2 Å². The van der Waals surface area contributed by atoms with Gasteiger partial charge in [-0.1, -0.05) is 58.0 Å². The highest BCUT2D eigenvalue weighted by atomic mass is 79.9. The topological polar surface area (TPSA) is 67.9 Å². The van der Waals surface area contributed by atoms with Crippen molar-refractivity contribution in [1.82, 2.24) is 5.32 Å².